The number of carbonyl (C=O) groups excluding carboxylic acids is 2. The van der Waals surface area contributed by atoms with Crippen molar-refractivity contribution in [3.63, 3.8) is 0 Å². The van der Waals surface area contributed by atoms with Crippen LogP contribution in [-0.2, 0) is 25.9 Å². The molecule has 3 heterocycles. The molecule has 0 atom stereocenters. The van der Waals surface area contributed by atoms with Gasteiger partial charge in [-0.1, -0.05) is 30.3 Å². The second kappa shape index (κ2) is 12.4. The minimum absolute atomic E-state index is 0.0504. The van der Waals surface area contributed by atoms with Gasteiger partial charge in [-0.25, -0.2) is 23.0 Å². The predicted molar refractivity (Wildman–Crippen MR) is 169 cm³/mol. The van der Waals surface area contributed by atoms with Gasteiger partial charge in [0.25, 0.3) is 0 Å². The van der Waals surface area contributed by atoms with Crippen molar-refractivity contribution in [2.24, 2.45) is 0 Å². The number of amides is 1. The molecule has 1 saturated heterocycles. The zero-order chi connectivity index (χ0) is 32.5. The summed E-state index contributed by atoms with van der Waals surface area (Å²) in [5, 5.41) is 0.344. The molecule has 0 unspecified atom stereocenters. The number of rotatable bonds is 6. The fraction of sp³-hybridized carbons (Fsp3) is 0.333. The number of hydrogen-bond acceptors (Lipinski definition) is 8. The Balaban J connectivity index is 1.46. The SMILES string of the molecule is COC(=O)c1c(Cc2ccc(S(=O)(=O)N3CCN(C(=O)OC(C)(C)C)CC3)cc2)c(=O)c2ccc(C)nc2n1-c1ccccc1. The summed E-state index contributed by atoms with van der Waals surface area (Å²) in [5.41, 5.74) is 1.54. The molecule has 0 radical (unpaired) electrons. The summed E-state index contributed by atoms with van der Waals surface area (Å²) in [4.78, 5) is 45.7. The lowest BCUT2D eigenvalue weighted by atomic mass is 10.00. The number of pyridine rings is 2. The van der Waals surface area contributed by atoms with Gasteiger partial charge in [0.1, 0.15) is 16.9 Å². The van der Waals surface area contributed by atoms with E-state index in [-0.39, 0.29) is 54.2 Å². The third-order valence-electron chi connectivity index (χ3n) is 7.48. The maximum absolute atomic E-state index is 13.9. The van der Waals surface area contributed by atoms with E-state index in [0.717, 1.165) is 0 Å². The van der Waals surface area contributed by atoms with Crippen LogP contribution in [0.2, 0.25) is 0 Å². The van der Waals surface area contributed by atoms with Gasteiger partial charge in [0.2, 0.25) is 10.0 Å². The van der Waals surface area contributed by atoms with E-state index in [0.29, 0.717) is 28.0 Å². The molecule has 2 aromatic carbocycles. The molecule has 236 valence electrons. The van der Waals surface area contributed by atoms with Gasteiger partial charge < -0.3 is 14.4 Å². The number of esters is 1. The Kier molecular flexibility index (Phi) is 8.81. The van der Waals surface area contributed by atoms with Gasteiger partial charge in [-0.3, -0.25) is 9.36 Å². The first-order valence-corrected chi connectivity index (χ1v) is 16.0. The maximum atomic E-state index is 13.9. The average molecular weight is 633 g/mol. The molecular formula is C33H36N4O7S. The first-order valence-electron chi connectivity index (χ1n) is 14.6. The average Bonchev–Trinajstić information content (AvgIpc) is 3.01. The smallest absolute Gasteiger partial charge is 0.410 e. The standard InChI is InChI=1S/C33H36N4O7S/c1-22-11-16-26-29(38)27(28(31(39)43-5)37(30(26)34-22)24-9-7-6-8-10-24)21-23-12-14-25(15-13-23)45(41,42)36-19-17-35(18-20-36)32(40)44-33(2,3)4/h6-16H,17-21H2,1-5H3. The Hall–Kier alpha value is -4.55. The van der Waals surface area contributed by atoms with E-state index in [2.05, 4.69) is 4.98 Å². The number of piperazine rings is 1. The third kappa shape index (κ3) is 6.62. The molecule has 0 aliphatic carbocycles. The number of methoxy groups -OCH3 is 1. The van der Waals surface area contributed by atoms with Crippen LogP contribution in [0.15, 0.2) is 76.4 Å². The summed E-state index contributed by atoms with van der Waals surface area (Å²) in [6.07, 6.45) is -0.421. The van der Waals surface area contributed by atoms with Crippen LogP contribution in [0.1, 0.15) is 48.1 Å². The molecule has 11 nitrogen and oxygen atoms in total. The minimum atomic E-state index is -3.84. The van der Waals surface area contributed by atoms with Gasteiger partial charge in [0.05, 0.1) is 17.4 Å². The van der Waals surface area contributed by atoms with Gasteiger partial charge in [0, 0.05) is 49.5 Å². The highest BCUT2D eigenvalue weighted by atomic mass is 32.2. The van der Waals surface area contributed by atoms with Crippen molar-refractivity contribution in [1.82, 2.24) is 18.8 Å². The number of aromatic nitrogens is 2. The van der Waals surface area contributed by atoms with E-state index in [4.69, 9.17) is 9.47 Å². The molecule has 1 fully saturated rings. The van der Waals surface area contributed by atoms with Crippen molar-refractivity contribution < 1.29 is 27.5 Å². The van der Waals surface area contributed by atoms with E-state index in [1.165, 1.54) is 28.4 Å². The molecule has 2 aromatic heterocycles. The summed E-state index contributed by atoms with van der Waals surface area (Å²) >= 11 is 0. The lowest BCUT2D eigenvalue weighted by molar-refractivity contribution is 0.0192. The van der Waals surface area contributed by atoms with Crippen molar-refractivity contribution in [3.05, 3.63) is 99.5 Å². The van der Waals surface area contributed by atoms with Crippen molar-refractivity contribution in [2.45, 2.75) is 44.6 Å². The molecule has 0 saturated carbocycles. The molecular weight excluding hydrogens is 596 g/mol. The van der Waals surface area contributed by atoms with Crippen LogP contribution in [-0.4, -0.2) is 78.1 Å². The molecule has 1 amide bonds. The minimum Gasteiger partial charge on any atom is -0.464 e. The number of para-hydroxylation sites is 1. The Morgan fingerprint density at radius 2 is 1.56 bits per heavy atom. The lowest BCUT2D eigenvalue weighted by Crippen LogP contribution is -2.51. The highest BCUT2D eigenvalue weighted by Crippen LogP contribution is 2.25. The molecule has 12 heteroatoms. The first-order chi connectivity index (χ1) is 21.3. The number of carbonyl (C=O) groups is 2. The first kappa shape index (κ1) is 31.9. The van der Waals surface area contributed by atoms with Gasteiger partial charge >= 0.3 is 12.1 Å². The van der Waals surface area contributed by atoms with Crippen molar-refractivity contribution in [1.29, 1.82) is 0 Å². The number of fused-ring (bicyclic) bond motifs is 1. The molecule has 45 heavy (non-hydrogen) atoms. The molecule has 1 aliphatic rings. The van der Waals surface area contributed by atoms with Gasteiger partial charge in [-0.2, -0.15) is 4.31 Å². The van der Waals surface area contributed by atoms with E-state index in [1.54, 1.807) is 49.6 Å². The Labute approximate surface area is 262 Å². The number of benzene rings is 2. The van der Waals surface area contributed by atoms with Crippen LogP contribution in [0, 0.1) is 6.92 Å². The van der Waals surface area contributed by atoms with Gasteiger partial charge in [0.15, 0.2) is 5.43 Å². The Morgan fingerprint density at radius 1 is 0.911 bits per heavy atom. The highest BCUT2D eigenvalue weighted by molar-refractivity contribution is 7.89. The summed E-state index contributed by atoms with van der Waals surface area (Å²) in [6.45, 7) is 7.85. The largest absolute Gasteiger partial charge is 0.464 e. The van der Waals surface area contributed by atoms with Crippen LogP contribution in [0.5, 0.6) is 0 Å². The molecule has 5 rings (SSSR count). The second-order valence-electron chi connectivity index (χ2n) is 11.8. The molecule has 0 N–H and O–H groups in total. The zero-order valence-electron chi connectivity index (χ0n) is 25.9. The van der Waals surface area contributed by atoms with E-state index < -0.39 is 27.7 Å². The van der Waals surface area contributed by atoms with Crippen LogP contribution < -0.4 is 5.43 Å². The monoisotopic (exact) mass is 632 g/mol. The quantitative estimate of drug-likeness (QED) is 0.288. The van der Waals surface area contributed by atoms with E-state index in [1.807, 2.05) is 37.3 Å². The second-order valence-corrected chi connectivity index (χ2v) is 13.8. The zero-order valence-corrected chi connectivity index (χ0v) is 26.8. The topological polar surface area (TPSA) is 128 Å². The molecule has 1 aliphatic heterocycles. The fourth-order valence-electron chi connectivity index (χ4n) is 5.28. The summed E-state index contributed by atoms with van der Waals surface area (Å²) < 4.78 is 40.4. The van der Waals surface area contributed by atoms with Crippen molar-refractivity contribution in [3.8, 4) is 5.69 Å². The Morgan fingerprint density at radius 3 is 2.16 bits per heavy atom. The highest BCUT2D eigenvalue weighted by Gasteiger charge is 2.32. The van der Waals surface area contributed by atoms with Crippen LogP contribution in [0.3, 0.4) is 0 Å². The molecule has 4 aromatic rings. The Bertz CT molecular complexity index is 1910. The van der Waals surface area contributed by atoms with E-state index >= 15 is 0 Å². The predicted octanol–water partition coefficient (Wildman–Crippen LogP) is 4.31. The molecule has 0 bridgehead atoms. The van der Waals surface area contributed by atoms with Crippen LogP contribution >= 0.6 is 0 Å². The normalized spacial score (nSPS) is 14.4. The number of sulfonamides is 1. The van der Waals surface area contributed by atoms with Gasteiger partial charge in [-0.05, 0) is 69.7 Å². The lowest BCUT2D eigenvalue weighted by Gasteiger charge is -2.35. The fourth-order valence-corrected chi connectivity index (χ4v) is 6.70. The third-order valence-corrected chi connectivity index (χ3v) is 9.39. The summed E-state index contributed by atoms with van der Waals surface area (Å²) in [5.74, 6) is -0.694. The number of aryl methyl sites for hydroxylation is 1. The van der Waals surface area contributed by atoms with Crippen molar-refractivity contribution in [2.75, 3.05) is 33.3 Å². The number of ether oxygens (including phenoxy) is 2. The van der Waals surface area contributed by atoms with E-state index in [9.17, 15) is 22.8 Å². The van der Waals surface area contributed by atoms with Crippen LogP contribution in [0.25, 0.3) is 16.7 Å². The van der Waals surface area contributed by atoms with Crippen LogP contribution in [0.4, 0.5) is 4.79 Å². The van der Waals surface area contributed by atoms with Crippen molar-refractivity contribution >= 4 is 33.1 Å². The van der Waals surface area contributed by atoms with Gasteiger partial charge in [-0.15, -0.1) is 0 Å². The number of hydrogen-bond donors (Lipinski definition) is 0. The molecule has 0 spiro atoms. The number of nitrogens with zero attached hydrogens (tertiary/aromatic N) is 4. The maximum Gasteiger partial charge on any atom is 0.410 e. The summed E-state index contributed by atoms with van der Waals surface area (Å²) in [6, 6.07) is 18.8. The summed E-state index contributed by atoms with van der Waals surface area (Å²) in [7, 11) is -2.58.